The lowest BCUT2D eigenvalue weighted by atomic mass is 10.1. The second-order valence-corrected chi connectivity index (χ2v) is 4.99. The molecule has 0 radical (unpaired) electrons. The summed E-state index contributed by atoms with van der Waals surface area (Å²) in [5, 5.41) is 12.9. The van der Waals surface area contributed by atoms with Crippen molar-refractivity contribution in [1.82, 2.24) is 5.32 Å². The SMILES string of the molecule is CSCC(C)(O)CNCc1ccccc1F. The van der Waals surface area contributed by atoms with Gasteiger partial charge in [-0.1, -0.05) is 18.2 Å². The molecule has 0 spiro atoms. The Kier molecular flexibility index (Phi) is 5.25. The van der Waals surface area contributed by atoms with Gasteiger partial charge in [-0.2, -0.15) is 11.8 Å². The average Bonchev–Trinajstić information content (AvgIpc) is 2.20. The Morgan fingerprint density at radius 2 is 2.12 bits per heavy atom. The lowest BCUT2D eigenvalue weighted by molar-refractivity contribution is 0.0845. The minimum atomic E-state index is -0.745. The van der Waals surface area contributed by atoms with Crippen LogP contribution in [0.4, 0.5) is 4.39 Å². The number of rotatable bonds is 6. The van der Waals surface area contributed by atoms with Crippen LogP contribution in [0, 0.1) is 5.82 Å². The van der Waals surface area contributed by atoms with E-state index >= 15 is 0 Å². The van der Waals surface area contributed by atoms with Crippen molar-refractivity contribution in [3.63, 3.8) is 0 Å². The molecule has 90 valence electrons. The van der Waals surface area contributed by atoms with Gasteiger partial charge in [0.15, 0.2) is 0 Å². The lowest BCUT2D eigenvalue weighted by Crippen LogP contribution is -2.39. The van der Waals surface area contributed by atoms with Crippen LogP contribution in [0.2, 0.25) is 0 Å². The van der Waals surface area contributed by atoms with Crippen molar-refractivity contribution in [2.45, 2.75) is 19.1 Å². The minimum Gasteiger partial charge on any atom is -0.388 e. The van der Waals surface area contributed by atoms with Crippen molar-refractivity contribution < 1.29 is 9.50 Å². The number of thioether (sulfide) groups is 1. The summed E-state index contributed by atoms with van der Waals surface area (Å²) in [5.74, 6) is 0.455. The highest BCUT2D eigenvalue weighted by molar-refractivity contribution is 7.98. The molecule has 1 unspecified atom stereocenters. The summed E-state index contributed by atoms with van der Waals surface area (Å²) in [4.78, 5) is 0. The van der Waals surface area contributed by atoms with Gasteiger partial charge in [-0.3, -0.25) is 0 Å². The van der Waals surface area contributed by atoms with E-state index < -0.39 is 5.60 Å². The summed E-state index contributed by atoms with van der Waals surface area (Å²) in [6, 6.07) is 6.66. The van der Waals surface area contributed by atoms with E-state index in [9.17, 15) is 9.50 Å². The molecule has 0 amide bonds. The molecule has 1 atom stereocenters. The normalized spacial score (nSPS) is 14.8. The number of nitrogens with one attached hydrogen (secondary N) is 1. The molecule has 0 aliphatic carbocycles. The van der Waals surface area contributed by atoms with Gasteiger partial charge in [-0.25, -0.2) is 4.39 Å². The van der Waals surface area contributed by atoms with Crippen LogP contribution >= 0.6 is 11.8 Å². The van der Waals surface area contributed by atoms with Crippen molar-refractivity contribution in [1.29, 1.82) is 0 Å². The summed E-state index contributed by atoms with van der Waals surface area (Å²) >= 11 is 1.59. The molecule has 16 heavy (non-hydrogen) atoms. The lowest BCUT2D eigenvalue weighted by Gasteiger charge is -2.22. The Bertz CT molecular complexity index is 331. The van der Waals surface area contributed by atoms with Gasteiger partial charge in [0.05, 0.1) is 5.60 Å². The summed E-state index contributed by atoms with van der Waals surface area (Å²) in [6.45, 7) is 2.68. The van der Waals surface area contributed by atoms with Gasteiger partial charge in [-0.05, 0) is 19.2 Å². The predicted octanol–water partition coefficient (Wildman–Crippen LogP) is 2.03. The van der Waals surface area contributed by atoms with E-state index in [1.807, 2.05) is 6.26 Å². The van der Waals surface area contributed by atoms with E-state index in [0.29, 0.717) is 24.4 Å². The minimum absolute atomic E-state index is 0.209. The highest BCUT2D eigenvalue weighted by atomic mass is 32.2. The fraction of sp³-hybridized carbons (Fsp3) is 0.500. The van der Waals surface area contributed by atoms with Gasteiger partial charge in [0, 0.05) is 24.4 Å². The first-order valence-corrected chi connectivity index (χ1v) is 6.60. The first-order chi connectivity index (χ1) is 7.55. The second-order valence-electron chi connectivity index (χ2n) is 4.12. The Labute approximate surface area is 100 Å². The van der Waals surface area contributed by atoms with E-state index in [1.54, 1.807) is 36.9 Å². The van der Waals surface area contributed by atoms with Gasteiger partial charge in [0.1, 0.15) is 5.82 Å². The van der Waals surface area contributed by atoms with Crippen molar-refractivity contribution in [3.8, 4) is 0 Å². The Balaban J connectivity index is 2.39. The molecule has 0 fully saturated rings. The van der Waals surface area contributed by atoms with E-state index in [0.717, 1.165) is 0 Å². The maximum atomic E-state index is 13.3. The first kappa shape index (κ1) is 13.5. The molecule has 2 N–H and O–H groups in total. The molecule has 0 bridgehead atoms. The number of hydrogen-bond donors (Lipinski definition) is 2. The van der Waals surface area contributed by atoms with Crippen molar-refractivity contribution >= 4 is 11.8 Å². The maximum absolute atomic E-state index is 13.3. The highest BCUT2D eigenvalue weighted by Gasteiger charge is 2.18. The smallest absolute Gasteiger partial charge is 0.127 e. The molecule has 0 aliphatic rings. The van der Waals surface area contributed by atoms with Crippen LogP contribution in [0.1, 0.15) is 12.5 Å². The van der Waals surface area contributed by atoms with Crippen molar-refractivity contribution in [2.75, 3.05) is 18.6 Å². The molecule has 0 aromatic heterocycles. The molecule has 4 heteroatoms. The topological polar surface area (TPSA) is 32.3 Å². The Morgan fingerprint density at radius 1 is 1.44 bits per heavy atom. The Hall–Kier alpha value is -0.580. The molecule has 0 saturated carbocycles. The average molecular weight is 243 g/mol. The summed E-state index contributed by atoms with van der Waals surface area (Å²) in [6.07, 6.45) is 1.95. The fourth-order valence-electron chi connectivity index (χ4n) is 1.47. The predicted molar refractivity (Wildman–Crippen MR) is 67.1 cm³/mol. The monoisotopic (exact) mass is 243 g/mol. The third-order valence-electron chi connectivity index (χ3n) is 2.23. The summed E-state index contributed by atoms with van der Waals surface area (Å²) < 4.78 is 13.3. The van der Waals surface area contributed by atoms with Gasteiger partial charge < -0.3 is 10.4 Å². The molecule has 0 heterocycles. The largest absolute Gasteiger partial charge is 0.388 e. The maximum Gasteiger partial charge on any atom is 0.127 e. The number of hydrogen-bond acceptors (Lipinski definition) is 3. The number of halogens is 1. The zero-order valence-electron chi connectivity index (χ0n) is 9.66. The quantitative estimate of drug-likeness (QED) is 0.802. The van der Waals surface area contributed by atoms with Crippen LogP contribution in [0.5, 0.6) is 0 Å². The molecule has 0 saturated heterocycles. The van der Waals surface area contributed by atoms with E-state index in [1.165, 1.54) is 6.07 Å². The van der Waals surface area contributed by atoms with Gasteiger partial charge >= 0.3 is 0 Å². The van der Waals surface area contributed by atoms with E-state index in [-0.39, 0.29) is 5.82 Å². The third-order valence-corrected chi connectivity index (χ3v) is 3.14. The molecule has 1 aromatic carbocycles. The molecular weight excluding hydrogens is 225 g/mol. The molecule has 1 aromatic rings. The van der Waals surface area contributed by atoms with E-state index in [4.69, 9.17) is 0 Å². The van der Waals surface area contributed by atoms with Crippen LogP contribution in [0.3, 0.4) is 0 Å². The van der Waals surface area contributed by atoms with Gasteiger partial charge in [0.2, 0.25) is 0 Å². The fourth-order valence-corrected chi connectivity index (χ4v) is 2.19. The third kappa shape index (κ3) is 4.51. The zero-order chi connectivity index (χ0) is 12.0. The number of benzene rings is 1. The van der Waals surface area contributed by atoms with Crippen LogP contribution in [-0.2, 0) is 6.54 Å². The molecule has 2 nitrogen and oxygen atoms in total. The summed E-state index contributed by atoms with van der Waals surface area (Å²) in [7, 11) is 0. The van der Waals surface area contributed by atoms with Crippen LogP contribution in [0.25, 0.3) is 0 Å². The summed E-state index contributed by atoms with van der Waals surface area (Å²) in [5.41, 5.74) is -0.118. The Morgan fingerprint density at radius 3 is 2.75 bits per heavy atom. The molecule has 0 aliphatic heterocycles. The van der Waals surface area contributed by atoms with E-state index in [2.05, 4.69) is 5.32 Å². The molecule has 1 rings (SSSR count). The van der Waals surface area contributed by atoms with Crippen molar-refractivity contribution in [3.05, 3.63) is 35.6 Å². The van der Waals surface area contributed by atoms with Crippen LogP contribution in [0.15, 0.2) is 24.3 Å². The standard InChI is InChI=1S/C12H18FNOS/c1-12(15,9-16-2)8-14-7-10-5-3-4-6-11(10)13/h3-6,14-15H,7-9H2,1-2H3. The van der Waals surface area contributed by atoms with Gasteiger partial charge in [0.25, 0.3) is 0 Å². The number of aliphatic hydroxyl groups is 1. The van der Waals surface area contributed by atoms with Crippen LogP contribution < -0.4 is 5.32 Å². The highest BCUT2D eigenvalue weighted by Crippen LogP contribution is 2.10. The van der Waals surface area contributed by atoms with Gasteiger partial charge in [-0.15, -0.1) is 0 Å². The zero-order valence-corrected chi connectivity index (χ0v) is 10.5. The molecular formula is C12H18FNOS. The second kappa shape index (κ2) is 6.23. The first-order valence-electron chi connectivity index (χ1n) is 5.20. The van der Waals surface area contributed by atoms with Crippen LogP contribution in [-0.4, -0.2) is 29.3 Å². The van der Waals surface area contributed by atoms with Crippen molar-refractivity contribution in [2.24, 2.45) is 0 Å².